The molecule has 1 heterocycles. The van der Waals surface area contributed by atoms with Crippen LogP contribution in [0.25, 0.3) is 0 Å². The van der Waals surface area contributed by atoms with Crippen LogP contribution in [0.4, 0.5) is 0 Å². The second kappa shape index (κ2) is 6.73. The topological polar surface area (TPSA) is 49.3 Å². The Morgan fingerprint density at radius 3 is 2.83 bits per heavy atom. The molecule has 1 saturated carbocycles. The first-order valence-electron chi connectivity index (χ1n) is 6.65. The number of rotatable bonds is 3. The van der Waals surface area contributed by atoms with Crippen molar-refractivity contribution in [2.45, 2.75) is 51.6 Å². The molecule has 0 atom stereocenters. The molecule has 4 nitrogen and oxygen atoms in total. The van der Waals surface area contributed by atoms with E-state index in [0.717, 1.165) is 18.2 Å². The Balaban J connectivity index is 1.80. The molecule has 2 N–H and O–H groups in total. The summed E-state index contributed by atoms with van der Waals surface area (Å²) >= 11 is 1.69. The number of nitrogens with one attached hydrogen (secondary N) is 2. The zero-order valence-corrected chi connectivity index (χ0v) is 12.0. The number of thiazole rings is 1. The Labute approximate surface area is 113 Å². The number of hydrogen-bond acceptors (Lipinski definition) is 3. The molecule has 0 unspecified atom stereocenters. The third-order valence-electron chi connectivity index (χ3n) is 3.43. The first-order chi connectivity index (χ1) is 8.79. The van der Waals surface area contributed by atoms with E-state index in [2.05, 4.69) is 20.6 Å². The summed E-state index contributed by atoms with van der Waals surface area (Å²) in [6.45, 7) is 2.85. The minimum Gasteiger partial charge on any atom is -0.354 e. The van der Waals surface area contributed by atoms with E-state index in [0.29, 0.717) is 6.04 Å². The summed E-state index contributed by atoms with van der Waals surface area (Å²) in [7, 11) is 1.83. The van der Waals surface area contributed by atoms with Crippen molar-refractivity contribution in [3.05, 3.63) is 16.1 Å². The Hall–Kier alpha value is -1.10. The predicted molar refractivity (Wildman–Crippen MR) is 77.1 cm³/mol. The number of hydrogen-bond donors (Lipinski definition) is 2. The van der Waals surface area contributed by atoms with Gasteiger partial charge < -0.3 is 10.6 Å². The zero-order valence-electron chi connectivity index (χ0n) is 11.2. The summed E-state index contributed by atoms with van der Waals surface area (Å²) in [5.41, 5.74) is 3.00. The van der Waals surface area contributed by atoms with Crippen molar-refractivity contribution in [2.75, 3.05) is 7.05 Å². The minimum absolute atomic E-state index is 0.590. The fourth-order valence-corrected chi connectivity index (χ4v) is 3.01. The summed E-state index contributed by atoms with van der Waals surface area (Å²) in [6.07, 6.45) is 6.58. The predicted octanol–water partition coefficient (Wildman–Crippen LogP) is 2.45. The molecule has 18 heavy (non-hydrogen) atoms. The highest BCUT2D eigenvalue weighted by Gasteiger charge is 2.14. The van der Waals surface area contributed by atoms with Gasteiger partial charge in [0.05, 0.1) is 17.7 Å². The van der Waals surface area contributed by atoms with Gasteiger partial charge in [0, 0.05) is 18.0 Å². The summed E-state index contributed by atoms with van der Waals surface area (Å²) in [5, 5.41) is 6.88. The lowest BCUT2D eigenvalue weighted by molar-refractivity contribution is 0.410. The van der Waals surface area contributed by atoms with Crippen LogP contribution in [0.2, 0.25) is 0 Å². The van der Waals surface area contributed by atoms with Crippen LogP contribution in [0.15, 0.2) is 10.5 Å². The maximum absolute atomic E-state index is 4.29. The molecule has 1 aromatic heterocycles. The van der Waals surface area contributed by atoms with Crippen molar-refractivity contribution in [3.8, 4) is 0 Å². The van der Waals surface area contributed by atoms with Crippen LogP contribution in [-0.4, -0.2) is 24.0 Å². The molecule has 1 aliphatic carbocycles. The van der Waals surface area contributed by atoms with E-state index in [-0.39, 0.29) is 0 Å². The lowest BCUT2D eigenvalue weighted by Crippen LogP contribution is -2.43. The number of aromatic nitrogens is 1. The molecule has 0 radical (unpaired) electrons. The SMILES string of the molecule is CN=C(NCc1scnc1C)NC1CCCCC1. The molecule has 0 saturated heterocycles. The van der Waals surface area contributed by atoms with Gasteiger partial charge in [0.15, 0.2) is 5.96 Å². The minimum atomic E-state index is 0.590. The number of nitrogens with zero attached hydrogens (tertiary/aromatic N) is 2. The lowest BCUT2D eigenvalue weighted by atomic mass is 9.96. The monoisotopic (exact) mass is 266 g/mol. The van der Waals surface area contributed by atoms with Crippen LogP contribution in [0.3, 0.4) is 0 Å². The Bertz CT molecular complexity index is 393. The second-order valence-electron chi connectivity index (χ2n) is 4.77. The van der Waals surface area contributed by atoms with Crippen molar-refractivity contribution in [2.24, 2.45) is 4.99 Å². The standard InChI is InChI=1S/C13H22N4S/c1-10-12(18-9-16-10)8-15-13(14-2)17-11-6-4-3-5-7-11/h9,11H,3-8H2,1-2H3,(H2,14,15,17). The molecular formula is C13H22N4S. The Morgan fingerprint density at radius 2 is 2.22 bits per heavy atom. The molecular weight excluding hydrogens is 244 g/mol. The smallest absolute Gasteiger partial charge is 0.191 e. The fraction of sp³-hybridized carbons (Fsp3) is 0.692. The maximum atomic E-state index is 4.29. The van der Waals surface area contributed by atoms with Gasteiger partial charge in [-0.3, -0.25) is 4.99 Å². The van der Waals surface area contributed by atoms with E-state index >= 15 is 0 Å². The van der Waals surface area contributed by atoms with Crippen molar-refractivity contribution in [1.82, 2.24) is 15.6 Å². The van der Waals surface area contributed by atoms with E-state index in [9.17, 15) is 0 Å². The van der Waals surface area contributed by atoms with E-state index in [1.807, 2.05) is 19.5 Å². The molecule has 100 valence electrons. The molecule has 5 heteroatoms. The maximum Gasteiger partial charge on any atom is 0.191 e. The van der Waals surface area contributed by atoms with Crippen LogP contribution >= 0.6 is 11.3 Å². The van der Waals surface area contributed by atoms with Crippen molar-refractivity contribution in [1.29, 1.82) is 0 Å². The Kier molecular flexibility index (Phi) is 4.99. The summed E-state index contributed by atoms with van der Waals surface area (Å²) in [4.78, 5) is 9.82. The summed E-state index contributed by atoms with van der Waals surface area (Å²) < 4.78 is 0. The molecule has 0 aromatic carbocycles. The van der Waals surface area contributed by atoms with Gasteiger partial charge in [0.25, 0.3) is 0 Å². The molecule has 1 aromatic rings. The first-order valence-corrected chi connectivity index (χ1v) is 7.53. The fourth-order valence-electron chi connectivity index (χ4n) is 2.29. The van der Waals surface area contributed by atoms with E-state index in [1.165, 1.54) is 37.0 Å². The van der Waals surface area contributed by atoms with Crippen LogP contribution in [0.1, 0.15) is 42.7 Å². The van der Waals surface area contributed by atoms with Gasteiger partial charge in [-0.2, -0.15) is 0 Å². The van der Waals surface area contributed by atoms with Crippen molar-refractivity contribution in [3.63, 3.8) is 0 Å². The molecule has 2 rings (SSSR count). The van der Waals surface area contributed by atoms with Gasteiger partial charge in [-0.1, -0.05) is 19.3 Å². The lowest BCUT2D eigenvalue weighted by Gasteiger charge is -2.24. The number of guanidine groups is 1. The summed E-state index contributed by atoms with van der Waals surface area (Å²) in [6, 6.07) is 0.590. The van der Waals surface area contributed by atoms with Crippen LogP contribution in [0.5, 0.6) is 0 Å². The van der Waals surface area contributed by atoms with E-state index < -0.39 is 0 Å². The highest BCUT2D eigenvalue weighted by Crippen LogP contribution is 2.17. The molecule has 0 bridgehead atoms. The molecule has 1 fully saturated rings. The molecule has 0 amide bonds. The molecule has 1 aliphatic rings. The highest BCUT2D eigenvalue weighted by atomic mass is 32.1. The molecule has 0 spiro atoms. The quantitative estimate of drug-likeness (QED) is 0.652. The average molecular weight is 266 g/mol. The van der Waals surface area contributed by atoms with Crippen LogP contribution in [-0.2, 0) is 6.54 Å². The van der Waals surface area contributed by atoms with Crippen LogP contribution < -0.4 is 10.6 Å². The Morgan fingerprint density at radius 1 is 1.44 bits per heavy atom. The summed E-state index contributed by atoms with van der Waals surface area (Å²) in [5.74, 6) is 0.912. The highest BCUT2D eigenvalue weighted by molar-refractivity contribution is 7.09. The third kappa shape index (κ3) is 3.70. The van der Waals surface area contributed by atoms with Crippen molar-refractivity contribution >= 4 is 17.3 Å². The van der Waals surface area contributed by atoms with Gasteiger partial charge in [-0.25, -0.2) is 4.98 Å². The van der Waals surface area contributed by atoms with Gasteiger partial charge in [-0.15, -0.1) is 11.3 Å². The van der Waals surface area contributed by atoms with E-state index in [4.69, 9.17) is 0 Å². The first kappa shape index (κ1) is 13.3. The van der Waals surface area contributed by atoms with E-state index in [1.54, 1.807) is 11.3 Å². The average Bonchev–Trinajstić information content (AvgIpc) is 2.81. The normalized spacial score (nSPS) is 17.8. The van der Waals surface area contributed by atoms with Crippen LogP contribution in [0, 0.1) is 6.92 Å². The third-order valence-corrected chi connectivity index (χ3v) is 4.37. The largest absolute Gasteiger partial charge is 0.354 e. The van der Waals surface area contributed by atoms with Gasteiger partial charge in [0.2, 0.25) is 0 Å². The van der Waals surface area contributed by atoms with Crippen molar-refractivity contribution < 1.29 is 0 Å². The number of aryl methyl sites for hydroxylation is 1. The van der Waals surface area contributed by atoms with Gasteiger partial charge >= 0.3 is 0 Å². The number of aliphatic imine (C=N–C) groups is 1. The van der Waals surface area contributed by atoms with Gasteiger partial charge in [-0.05, 0) is 19.8 Å². The zero-order chi connectivity index (χ0) is 12.8. The molecule has 0 aliphatic heterocycles. The van der Waals surface area contributed by atoms with Gasteiger partial charge in [0.1, 0.15) is 0 Å². The second-order valence-corrected chi connectivity index (χ2v) is 5.71.